The van der Waals surface area contributed by atoms with Crippen molar-refractivity contribution in [3.05, 3.63) is 89.7 Å². The Hall–Kier alpha value is -4.64. The number of rotatable bonds is 8. The van der Waals surface area contributed by atoms with Crippen LogP contribution >= 0.6 is 0 Å². The van der Waals surface area contributed by atoms with Crippen LogP contribution < -0.4 is 9.64 Å². The minimum Gasteiger partial charge on any atom is -0.486 e. The molecule has 0 aliphatic heterocycles. The molecular weight excluding hydrogens is 444 g/mol. The summed E-state index contributed by atoms with van der Waals surface area (Å²) in [6.07, 6.45) is 0. The van der Waals surface area contributed by atoms with Gasteiger partial charge in [-0.3, -0.25) is 14.5 Å². The summed E-state index contributed by atoms with van der Waals surface area (Å²) in [6.45, 7) is 1.99. The lowest BCUT2D eigenvalue weighted by Gasteiger charge is -2.22. The highest BCUT2D eigenvalue weighted by atomic mass is 16.5. The minimum absolute atomic E-state index is 0.194. The van der Waals surface area contributed by atoms with Gasteiger partial charge >= 0.3 is 5.97 Å². The molecule has 4 rings (SSSR count). The lowest BCUT2D eigenvalue weighted by atomic mass is 10.1. The highest BCUT2D eigenvalue weighted by Crippen LogP contribution is 2.22. The van der Waals surface area contributed by atoms with Gasteiger partial charge in [0.1, 0.15) is 24.7 Å². The average Bonchev–Trinajstić information content (AvgIpc) is 3.21. The maximum absolute atomic E-state index is 13.4. The van der Waals surface area contributed by atoms with Crippen LogP contribution in [0.4, 0.5) is 5.69 Å². The molecule has 0 aliphatic rings. The Bertz CT molecular complexity index is 1390. The number of esters is 1. The van der Waals surface area contributed by atoms with Gasteiger partial charge in [-0.15, -0.1) is 0 Å². The number of nitrogens with zero attached hydrogens (tertiary/aromatic N) is 4. The van der Waals surface area contributed by atoms with Gasteiger partial charge in [-0.1, -0.05) is 18.2 Å². The summed E-state index contributed by atoms with van der Waals surface area (Å²) in [7, 11) is 1.88. The first-order valence-corrected chi connectivity index (χ1v) is 11.1. The molecule has 0 fully saturated rings. The number of nitriles is 1. The Morgan fingerprint density at radius 1 is 1.06 bits per heavy atom. The van der Waals surface area contributed by atoms with Crippen molar-refractivity contribution >= 4 is 28.6 Å². The molecule has 0 saturated carbocycles. The Morgan fingerprint density at radius 2 is 1.80 bits per heavy atom. The number of ether oxygens (including phenoxy) is 2. The predicted molar refractivity (Wildman–Crippen MR) is 131 cm³/mol. The van der Waals surface area contributed by atoms with Crippen LogP contribution in [0.1, 0.15) is 28.7 Å². The Balaban J connectivity index is 1.58. The quantitative estimate of drug-likeness (QED) is 0.359. The Morgan fingerprint density at radius 3 is 2.49 bits per heavy atom. The van der Waals surface area contributed by atoms with Crippen molar-refractivity contribution < 1.29 is 19.1 Å². The van der Waals surface area contributed by atoms with Gasteiger partial charge in [-0.2, -0.15) is 5.26 Å². The second-order valence-corrected chi connectivity index (χ2v) is 7.75. The summed E-state index contributed by atoms with van der Waals surface area (Å²) in [6, 6.07) is 23.2. The summed E-state index contributed by atoms with van der Waals surface area (Å²) in [5.74, 6) is 0.503. The van der Waals surface area contributed by atoms with Crippen LogP contribution in [0.2, 0.25) is 0 Å². The Labute approximate surface area is 202 Å². The normalized spacial score (nSPS) is 10.5. The van der Waals surface area contributed by atoms with Gasteiger partial charge in [0, 0.05) is 18.3 Å². The maximum Gasteiger partial charge on any atom is 0.326 e. The fraction of sp³-hybridized carbons (Fsp3) is 0.185. The molecule has 0 saturated heterocycles. The third-order valence-electron chi connectivity index (χ3n) is 5.48. The second kappa shape index (κ2) is 10.5. The zero-order valence-electron chi connectivity index (χ0n) is 19.5. The van der Waals surface area contributed by atoms with Crippen LogP contribution in [-0.4, -0.2) is 34.6 Å². The molecule has 176 valence electrons. The molecule has 1 aromatic heterocycles. The SMILES string of the molecule is CCOC(=O)CN(C(=O)c1ccc2c(c1)nc(COc1ccc(C#N)cc1)n2C)c1ccccc1. The van der Waals surface area contributed by atoms with Gasteiger partial charge in [0.25, 0.3) is 5.91 Å². The molecule has 1 heterocycles. The van der Waals surface area contributed by atoms with Crippen molar-refractivity contribution in [1.29, 1.82) is 5.26 Å². The smallest absolute Gasteiger partial charge is 0.326 e. The number of imidazole rings is 1. The van der Waals surface area contributed by atoms with Gasteiger partial charge < -0.3 is 14.0 Å². The number of carbonyl (C=O) groups is 2. The van der Waals surface area contributed by atoms with E-state index in [0.717, 1.165) is 5.52 Å². The van der Waals surface area contributed by atoms with E-state index in [0.29, 0.717) is 33.9 Å². The van der Waals surface area contributed by atoms with Gasteiger partial charge in [0.2, 0.25) is 0 Å². The molecule has 8 nitrogen and oxygen atoms in total. The number of fused-ring (bicyclic) bond motifs is 1. The van der Waals surface area contributed by atoms with E-state index in [4.69, 9.17) is 14.7 Å². The van der Waals surface area contributed by atoms with E-state index in [9.17, 15) is 9.59 Å². The zero-order valence-corrected chi connectivity index (χ0v) is 19.5. The molecular formula is C27H24N4O4. The monoisotopic (exact) mass is 468 g/mol. The largest absolute Gasteiger partial charge is 0.486 e. The van der Waals surface area contributed by atoms with Crippen molar-refractivity contribution in [3.8, 4) is 11.8 Å². The van der Waals surface area contributed by atoms with Crippen molar-refractivity contribution in [3.63, 3.8) is 0 Å². The third-order valence-corrected chi connectivity index (χ3v) is 5.48. The number of hydrogen-bond donors (Lipinski definition) is 0. The van der Waals surface area contributed by atoms with Gasteiger partial charge in [0.15, 0.2) is 0 Å². The van der Waals surface area contributed by atoms with E-state index < -0.39 is 5.97 Å². The molecule has 0 atom stereocenters. The number of benzene rings is 3. The van der Waals surface area contributed by atoms with E-state index in [2.05, 4.69) is 11.1 Å². The van der Waals surface area contributed by atoms with Crippen molar-refractivity contribution in [2.24, 2.45) is 7.05 Å². The fourth-order valence-electron chi connectivity index (χ4n) is 3.67. The standard InChI is InChI=1S/C27H24N4O4/c1-3-34-26(32)17-31(21-7-5-4-6-8-21)27(33)20-11-14-24-23(15-20)29-25(30(24)2)18-35-22-12-9-19(16-28)10-13-22/h4-15H,3,17-18H2,1-2H3. The number of para-hydroxylation sites is 1. The third kappa shape index (κ3) is 5.31. The molecule has 0 radical (unpaired) electrons. The molecule has 1 amide bonds. The summed E-state index contributed by atoms with van der Waals surface area (Å²) in [5, 5.41) is 8.93. The number of carbonyl (C=O) groups excluding carboxylic acids is 2. The summed E-state index contributed by atoms with van der Waals surface area (Å²) in [4.78, 5) is 31.7. The molecule has 8 heteroatoms. The van der Waals surface area contributed by atoms with Crippen LogP contribution in [0.3, 0.4) is 0 Å². The van der Waals surface area contributed by atoms with Crippen LogP contribution in [0.15, 0.2) is 72.8 Å². The lowest BCUT2D eigenvalue weighted by molar-refractivity contribution is -0.141. The first-order chi connectivity index (χ1) is 17.0. The highest BCUT2D eigenvalue weighted by Gasteiger charge is 2.22. The fourth-order valence-corrected chi connectivity index (χ4v) is 3.67. The lowest BCUT2D eigenvalue weighted by Crippen LogP contribution is -2.36. The number of anilines is 1. The van der Waals surface area contributed by atoms with E-state index in [1.807, 2.05) is 35.9 Å². The number of hydrogen-bond acceptors (Lipinski definition) is 6. The molecule has 4 aromatic rings. The number of aromatic nitrogens is 2. The van der Waals surface area contributed by atoms with Crippen LogP contribution in [0.25, 0.3) is 11.0 Å². The Kier molecular flexibility index (Phi) is 7.07. The van der Waals surface area contributed by atoms with Gasteiger partial charge in [-0.05, 0) is 61.5 Å². The zero-order chi connectivity index (χ0) is 24.8. The highest BCUT2D eigenvalue weighted by molar-refractivity contribution is 6.09. The molecule has 0 spiro atoms. The molecule has 35 heavy (non-hydrogen) atoms. The van der Waals surface area contributed by atoms with Crippen LogP contribution in [0.5, 0.6) is 5.75 Å². The first kappa shape index (κ1) is 23.5. The first-order valence-electron chi connectivity index (χ1n) is 11.1. The summed E-state index contributed by atoms with van der Waals surface area (Å²) in [5.41, 5.74) is 3.05. The van der Waals surface area contributed by atoms with E-state index in [1.54, 1.807) is 55.5 Å². The maximum atomic E-state index is 13.4. The van der Waals surface area contributed by atoms with Crippen LogP contribution in [-0.2, 0) is 23.2 Å². The number of aryl methyl sites for hydroxylation is 1. The van der Waals surface area contributed by atoms with Gasteiger partial charge in [0.05, 0.1) is 29.3 Å². The molecule has 0 unspecified atom stereocenters. The van der Waals surface area contributed by atoms with E-state index >= 15 is 0 Å². The summed E-state index contributed by atoms with van der Waals surface area (Å²) < 4.78 is 12.8. The second-order valence-electron chi connectivity index (χ2n) is 7.75. The number of amides is 1. The average molecular weight is 469 g/mol. The van der Waals surface area contributed by atoms with Crippen molar-refractivity contribution in [2.45, 2.75) is 13.5 Å². The minimum atomic E-state index is -0.481. The van der Waals surface area contributed by atoms with Crippen LogP contribution in [0, 0.1) is 11.3 Å². The molecule has 0 aliphatic carbocycles. The molecule has 3 aromatic carbocycles. The van der Waals surface area contributed by atoms with E-state index in [1.165, 1.54) is 4.90 Å². The molecule has 0 N–H and O–H groups in total. The molecule has 0 bridgehead atoms. The van der Waals surface area contributed by atoms with Crippen molar-refractivity contribution in [1.82, 2.24) is 9.55 Å². The van der Waals surface area contributed by atoms with Gasteiger partial charge in [-0.25, -0.2) is 4.98 Å². The van der Waals surface area contributed by atoms with E-state index in [-0.39, 0.29) is 25.7 Å². The summed E-state index contributed by atoms with van der Waals surface area (Å²) >= 11 is 0. The van der Waals surface area contributed by atoms with Crippen molar-refractivity contribution in [2.75, 3.05) is 18.1 Å². The predicted octanol–water partition coefficient (Wildman–Crippen LogP) is 4.23. The topological polar surface area (TPSA) is 97.5 Å².